The van der Waals surface area contributed by atoms with Gasteiger partial charge in [0.05, 0.1) is 6.42 Å². The Hall–Kier alpha value is -2.04. The van der Waals surface area contributed by atoms with E-state index < -0.39 is 11.9 Å². The molecule has 0 aliphatic carbocycles. The zero-order chi connectivity index (χ0) is 14.6. The van der Waals surface area contributed by atoms with Crippen molar-refractivity contribution in [1.29, 1.82) is 0 Å². The van der Waals surface area contributed by atoms with Crippen molar-refractivity contribution in [2.75, 3.05) is 5.32 Å². The maximum absolute atomic E-state index is 11.0. The molecule has 1 rings (SSSR count). The van der Waals surface area contributed by atoms with Crippen LogP contribution in [0.3, 0.4) is 0 Å². The Morgan fingerprint density at radius 2 is 1.79 bits per heavy atom. The largest absolute Gasteiger partial charge is 0.481 e. The van der Waals surface area contributed by atoms with Crippen LogP contribution in [0, 0.1) is 5.41 Å². The molecule has 0 fully saturated rings. The van der Waals surface area contributed by atoms with Crippen LogP contribution >= 0.6 is 0 Å². The second-order valence-electron chi connectivity index (χ2n) is 5.60. The molecule has 1 aromatic rings. The highest BCUT2D eigenvalue weighted by atomic mass is 16.4. The average Bonchev–Trinajstić information content (AvgIpc) is 2.27. The zero-order valence-corrected chi connectivity index (χ0v) is 11.4. The lowest BCUT2D eigenvalue weighted by Gasteiger charge is -2.31. The monoisotopic (exact) mass is 264 g/mol. The van der Waals surface area contributed by atoms with Crippen LogP contribution in [0.1, 0.15) is 37.6 Å². The fraction of sp³-hybridized carbons (Fsp3) is 0.429. The molecule has 1 amide bonds. The molecule has 0 aliphatic rings. The number of hydrogen-bond donors (Lipinski definition) is 3. The van der Waals surface area contributed by atoms with E-state index >= 15 is 0 Å². The predicted octanol–water partition coefficient (Wildman–Crippen LogP) is 2.09. The summed E-state index contributed by atoms with van der Waals surface area (Å²) in [6.45, 7) is 5.93. The number of benzene rings is 1. The number of anilines is 1. The van der Waals surface area contributed by atoms with E-state index in [1.165, 1.54) is 0 Å². The zero-order valence-electron chi connectivity index (χ0n) is 11.4. The van der Waals surface area contributed by atoms with Crippen LogP contribution in [0.25, 0.3) is 0 Å². The minimum atomic E-state index is -0.846. The van der Waals surface area contributed by atoms with Gasteiger partial charge in [-0.2, -0.15) is 0 Å². The first-order valence-electron chi connectivity index (χ1n) is 6.08. The molecule has 0 aromatic heterocycles. The van der Waals surface area contributed by atoms with E-state index in [1.54, 1.807) is 24.3 Å². The fourth-order valence-corrected chi connectivity index (χ4v) is 1.68. The number of nitrogens with two attached hydrogens (primary N) is 1. The van der Waals surface area contributed by atoms with Crippen LogP contribution in [-0.4, -0.2) is 23.0 Å². The summed E-state index contributed by atoms with van der Waals surface area (Å²) < 4.78 is 0. The quantitative estimate of drug-likeness (QED) is 0.759. The van der Waals surface area contributed by atoms with Crippen molar-refractivity contribution in [2.45, 2.75) is 33.2 Å². The summed E-state index contributed by atoms with van der Waals surface area (Å²) in [4.78, 5) is 21.9. The summed E-state index contributed by atoms with van der Waals surface area (Å²) >= 11 is 0. The van der Waals surface area contributed by atoms with E-state index in [2.05, 4.69) is 5.32 Å². The third kappa shape index (κ3) is 4.62. The van der Waals surface area contributed by atoms with Gasteiger partial charge in [0, 0.05) is 17.3 Å². The Balaban J connectivity index is 2.84. The van der Waals surface area contributed by atoms with E-state index in [4.69, 9.17) is 10.8 Å². The maximum atomic E-state index is 11.0. The SMILES string of the molecule is CC(C)(C)C(CC(=O)O)Nc1ccc(C(N)=O)cc1. The highest BCUT2D eigenvalue weighted by Crippen LogP contribution is 2.25. The Labute approximate surface area is 112 Å². The van der Waals surface area contributed by atoms with E-state index in [-0.39, 0.29) is 17.9 Å². The molecule has 1 unspecified atom stereocenters. The summed E-state index contributed by atoms with van der Waals surface area (Å²) in [6.07, 6.45) is 0.0288. The fourth-order valence-electron chi connectivity index (χ4n) is 1.68. The van der Waals surface area contributed by atoms with Gasteiger partial charge in [0.1, 0.15) is 0 Å². The van der Waals surface area contributed by atoms with Gasteiger partial charge in [-0.3, -0.25) is 9.59 Å². The number of aliphatic carboxylic acids is 1. The molecular weight excluding hydrogens is 244 g/mol. The molecule has 0 heterocycles. The van der Waals surface area contributed by atoms with Crippen molar-refractivity contribution in [3.8, 4) is 0 Å². The van der Waals surface area contributed by atoms with Gasteiger partial charge < -0.3 is 16.2 Å². The Bertz CT molecular complexity index is 461. The molecule has 0 bridgehead atoms. The topological polar surface area (TPSA) is 92.4 Å². The van der Waals surface area contributed by atoms with Gasteiger partial charge in [0.2, 0.25) is 5.91 Å². The first-order valence-corrected chi connectivity index (χ1v) is 6.08. The lowest BCUT2D eigenvalue weighted by atomic mass is 9.84. The van der Waals surface area contributed by atoms with Crippen molar-refractivity contribution in [1.82, 2.24) is 0 Å². The molecule has 104 valence electrons. The predicted molar refractivity (Wildman–Crippen MR) is 74.1 cm³/mol. The standard InChI is InChI=1S/C14H20N2O3/c1-14(2,3)11(8-12(17)18)16-10-6-4-9(5-7-10)13(15)19/h4-7,11,16H,8H2,1-3H3,(H2,15,19)(H,17,18). The first kappa shape index (κ1) is 15.0. The molecule has 1 atom stereocenters. The average molecular weight is 264 g/mol. The minimum absolute atomic E-state index is 0.0288. The van der Waals surface area contributed by atoms with Crippen LogP contribution in [0.5, 0.6) is 0 Å². The van der Waals surface area contributed by atoms with Gasteiger partial charge in [0.15, 0.2) is 0 Å². The molecule has 4 N–H and O–H groups in total. The first-order chi connectivity index (χ1) is 8.70. The van der Waals surface area contributed by atoms with E-state index in [0.717, 1.165) is 5.69 Å². The molecule has 0 radical (unpaired) electrons. The van der Waals surface area contributed by atoms with E-state index in [0.29, 0.717) is 5.56 Å². The van der Waals surface area contributed by atoms with Crippen LogP contribution in [0.4, 0.5) is 5.69 Å². The molecule has 5 nitrogen and oxygen atoms in total. The van der Waals surface area contributed by atoms with Crippen molar-refractivity contribution in [2.24, 2.45) is 11.1 Å². The number of rotatable bonds is 5. The minimum Gasteiger partial charge on any atom is -0.481 e. The Morgan fingerprint density at radius 3 is 2.16 bits per heavy atom. The molecular formula is C14H20N2O3. The van der Waals surface area contributed by atoms with Crippen molar-refractivity contribution in [3.05, 3.63) is 29.8 Å². The summed E-state index contributed by atoms with van der Waals surface area (Å²) in [7, 11) is 0. The highest BCUT2D eigenvalue weighted by Gasteiger charge is 2.26. The van der Waals surface area contributed by atoms with Gasteiger partial charge in [-0.25, -0.2) is 0 Å². The summed E-state index contributed by atoms with van der Waals surface area (Å²) in [6, 6.07) is 6.47. The smallest absolute Gasteiger partial charge is 0.305 e. The maximum Gasteiger partial charge on any atom is 0.305 e. The van der Waals surface area contributed by atoms with Crippen LogP contribution < -0.4 is 11.1 Å². The number of carbonyl (C=O) groups excluding carboxylic acids is 1. The number of hydrogen-bond acceptors (Lipinski definition) is 3. The molecule has 5 heteroatoms. The molecule has 0 saturated heterocycles. The second kappa shape index (κ2) is 5.73. The lowest BCUT2D eigenvalue weighted by molar-refractivity contribution is -0.137. The normalized spacial score (nSPS) is 12.8. The highest BCUT2D eigenvalue weighted by molar-refractivity contribution is 5.93. The molecule has 1 aromatic carbocycles. The molecule has 0 aliphatic heterocycles. The Kier molecular flexibility index (Phi) is 4.53. The summed E-state index contributed by atoms with van der Waals surface area (Å²) in [5, 5.41) is 12.1. The van der Waals surface area contributed by atoms with E-state index in [9.17, 15) is 9.59 Å². The molecule has 0 spiro atoms. The molecule has 0 saturated carbocycles. The van der Waals surface area contributed by atoms with Crippen LogP contribution in [-0.2, 0) is 4.79 Å². The van der Waals surface area contributed by atoms with Crippen molar-refractivity contribution >= 4 is 17.6 Å². The van der Waals surface area contributed by atoms with Gasteiger partial charge >= 0.3 is 5.97 Å². The lowest BCUT2D eigenvalue weighted by Crippen LogP contribution is -2.36. The van der Waals surface area contributed by atoms with E-state index in [1.807, 2.05) is 20.8 Å². The number of primary amides is 1. The summed E-state index contributed by atoms with van der Waals surface area (Å²) in [5.41, 5.74) is 6.17. The number of carbonyl (C=O) groups is 2. The number of nitrogens with one attached hydrogen (secondary N) is 1. The number of carboxylic acid groups (broad SMARTS) is 1. The van der Waals surface area contributed by atoms with Gasteiger partial charge in [-0.15, -0.1) is 0 Å². The van der Waals surface area contributed by atoms with Gasteiger partial charge in [-0.05, 0) is 29.7 Å². The summed E-state index contributed by atoms with van der Waals surface area (Å²) in [5.74, 6) is -1.33. The number of amides is 1. The van der Waals surface area contributed by atoms with Crippen LogP contribution in [0.2, 0.25) is 0 Å². The van der Waals surface area contributed by atoms with Crippen molar-refractivity contribution in [3.63, 3.8) is 0 Å². The number of carboxylic acids is 1. The van der Waals surface area contributed by atoms with Crippen molar-refractivity contribution < 1.29 is 14.7 Å². The second-order valence-corrected chi connectivity index (χ2v) is 5.60. The Morgan fingerprint density at radius 1 is 1.26 bits per heavy atom. The third-order valence-corrected chi connectivity index (χ3v) is 2.93. The third-order valence-electron chi connectivity index (χ3n) is 2.93. The van der Waals surface area contributed by atoms with Gasteiger partial charge in [0.25, 0.3) is 0 Å². The van der Waals surface area contributed by atoms with Gasteiger partial charge in [-0.1, -0.05) is 20.8 Å². The van der Waals surface area contributed by atoms with Crippen LogP contribution in [0.15, 0.2) is 24.3 Å². The molecule has 19 heavy (non-hydrogen) atoms.